The van der Waals surface area contributed by atoms with E-state index in [0.717, 1.165) is 25.9 Å². The molecular weight excluding hydrogens is 552 g/mol. The third-order valence-electron chi connectivity index (χ3n) is 8.19. The van der Waals surface area contributed by atoms with Gasteiger partial charge in [-0.05, 0) is 19.3 Å². The molecule has 0 rings (SSSR count). The van der Waals surface area contributed by atoms with Crippen molar-refractivity contribution >= 4 is 5.97 Å². The number of hydrogen-bond donors (Lipinski definition) is 0. The average Bonchev–Trinajstić information content (AvgIpc) is 3.03. The van der Waals surface area contributed by atoms with Gasteiger partial charge in [0.05, 0.1) is 46.2 Å². The van der Waals surface area contributed by atoms with E-state index in [1.54, 1.807) is 0 Å². The van der Waals surface area contributed by atoms with Gasteiger partial charge in [0, 0.05) is 19.6 Å². The molecule has 0 heterocycles. The Morgan fingerprint density at radius 2 is 0.591 bits per heavy atom. The summed E-state index contributed by atoms with van der Waals surface area (Å²) in [5, 5.41) is 0. The minimum atomic E-state index is -0.107. The molecule has 0 saturated heterocycles. The van der Waals surface area contributed by atoms with Crippen LogP contribution in [0, 0.1) is 0 Å². The van der Waals surface area contributed by atoms with Crippen molar-refractivity contribution in [2.75, 3.05) is 59.5 Å². The van der Waals surface area contributed by atoms with Crippen molar-refractivity contribution in [1.29, 1.82) is 0 Å². The van der Waals surface area contributed by atoms with Gasteiger partial charge in [0.25, 0.3) is 0 Å². The van der Waals surface area contributed by atoms with Crippen LogP contribution in [0.15, 0.2) is 0 Å². The first-order valence-corrected chi connectivity index (χ1v) is 19.3. The summed E-state index contributed by atoms with van der Waals surface area (Å²) in [5.74, 6) is -0.107. The third kappa shape index (κ3) is 39.3. The van der Waals surface area contributed by atoms with Gasteiger partial charge >= 0.3 is 5.97 Å². The molecular formula is C38H76O6. The Morgan fingerprint density at radius 1 is 0.318 bits per heavy atom. The van der Waals surface area contributed by atoms with Crippen LogP contribution in [0.3, 0.4) is 0 Å². The maximum Gasteiger partial charge on any atom is 0.305 e. The molecule has 0 unspecified atom stereocenters. The molecule has 0 atom stereocenters. The molecule has 0 N–H and O–H groups in total. The first-order valence-electron chi connectivity index (χ1n) is 19.3. The smallest absolute Gasteiger partial charge is 0.305 e. The van der Waals surface area contributed by atoms with E-state index in [1.807, 2.05) is 0 Å². The van der Waals surface area contributed by atoms with E-state index in [0.29, 0.717) is 65.7 Å². The molecule has 44 heavy (non-hydrogen) atoms. The second kappa shape index (κ2) is 40.3. The molecule has 0 fully saturated rings. The molecule has 0 saturated carbocycles. The first-order chi connectivity index (χ1) is 21.8. The van der Waals surface area contributed by atoms with Gasteiger partial charge in [-0.25, -0.2) is 0 Å². The normalized spacial score (nSPS) is 11.4. The summed E-state index contributed by atoms with van der Waals surface area (Å²) in [4.78, 5) is 11.9. The second-order valence-electron chi connectivity index (χ2n) is 12.6. The second-order valence-corrected chi connectivity index (χ2v) is 12.6. The van der Waals surface area contributed by atoms with Crippen LogP contribution in [0.5, 0.6) is 0 Å². The zero-order chi connectivity index (χ0) is 31.9. The van der Waals surface area contributed by atoms with Crippen LogP contribution in [0.4, 0.5) is 0 Å². The van der Waals surface area contributed by atoms with Crippen LogP contribution < -0.4 is 0 Å². The zero-order valence-corrected chi connectivity index (χ0v) is 29.7. The molecule has 0 aliphatic heterocycles. The summed E-state index contributed by atoms with van der Waals surface area (Å²) in [6.07, 6.45) is 33.3. The van der Waals surface area contributed by atoms with Gasteiger partial charge in [0.1, 0.15) is 0 Å². The molecule has 0 aliphatic carbocycles. The van der Waals surface area contributed by atoms with E-state index < -0.39 is 0 Å². The zero-order valence-electron chi connectivity index (χ0n) is 29.7. The highest BCUT2D eigenvalue weighted by atomic mass is 16.6. The van der Waals surface area contributed by atoms with Crippen molar-refractivity contribution in [1.82, 2.24) is 0 Å². The average molecular weight is 629 g/mol. The van der Waals surface area contributed by atoms with Crippen LogP contribution in [-0.4, -0.2) is 65.4 Å². The highest BCUT2D eigenvalue weighted by molar-refractivity contribution is 5.69. The Hall–Kier alpha value is -0.690. The minimum Gasteiger partial charge on any atom is -0.466 e. The number of hydrogen-bond acceptors (Lipinski definition) is 6. The van der Waals surface area contributed by atoms with Gasteiger partial charge in [0.15, 0.2) is 0 Å². The Bertz CT molecular complexity index is 529. The fourth-order valence-electron chi connectivity index (χ4n) is 5.33. The lowest BCUT2D eigenvalue weighted by Gasteiger charge is -2.08. The molecule has 0 amide bonds. The molecule has 6 heteroatoms. The van der Waals surface area contributed by atoms with Gasteiger partial charge in [-0.3, -0.25) is 4.79 Å². The lowest BCUT2D eigenvalue weighted by molar-refractivity contribution is -0.144. The molecule has 6 nitrogen and oxygen atoms in total. The number of ether oxygens (including phenoxy) is 5. The summed E-state index contributed by atoms with van der Waals surface area (Å²) in [6.45, 7) is 10.00. The lowest BCUT2D eigenvalue weighted by atomic mass is 10.0. The van der Waals surface area contributed by atoms with Crippen LogP contribution in [0.1, 0.15) is 181 Å². The van der Waals surface area contributed by atoms with Crippen LogP contribution in [0.25, 0.3) is 0 Å². The van der Waals surface area contributed by atoms with Crippen LogP contribution in [-0.2, 0) is 28.5 Å². The van der Waals surface area contributed by atoms with Crippen LogP contribution >= 0.6 is 0 Å². The summed E-state index contributed by atoms with van der Waals surface area (Å²) in [7, 11) is 0. The highest BCUT2D eigenvalue weighted by Gasteiger charge is 2.03. The largest absolute Gasteiger partial charge is 0.466 e. The predicted molar refractivity (Wildman–Crippen MR) is 186 cm³/mol. The first kappa shape index (κ1) is 43.3. The molecule has 264 valence electrons. The van der Waals surface area contributed by atoms with Crippen molar-refractivity contribution in [3.8, 4) is 0 Å². The van der Waals surface area contributed by atoms with Gasteiger partial charge in [-0.2, -0.15) is 0 Å². The van der Waals surface area contributed by atoms with Crippen LogP contribution in [0.2, 0.25) is 0 Å². The molecule has 0 aromatic heterocycles. The predicted octanol–water partition coefficient (Wildman–Crippen LogP) is 10.8. The molecule has 0 aromatic carbocycles. The molecule has 0 bridgehead atoms. The van der Waals surface area contributed by atoms with Crippen molar-refractivity contribution in [2.45, 2.75) is 181 Å². The van der Waals surface area contributed by atoms with E-state index >= 15 is 0 Å². The van der Waals surface area contributed by atoms with Crippen molar-refractivity contribution in [2.24, 2.45) is 0 Å². The summed E-state index contributed by atoms with van der Waals surface area (Å²) in [5.41, 5.74) is 0. The highest BCUT2D eigenvalue weighted by Crippen LogP contribution is 2.13. The fraction of sp³-hybridized carbons (Fsp3) is 0.974. The van der Waals surface area contributed by atoms with Crippen molar-refractivity contribution in [3.63, 3.8) is 0 Å². The number of rotatable bonds is 39. The number of esters is 1. The lowest BCUT2D eigenvalue weighted by Crippen LogP contribution is -2.12. The Labute approximate surface area is 274 Å². The topological polar surface area (TPSA) is 63.2 Å². The quantitative estimate of drug-likeness (QED) is 0.0498. The summed E-state index contributed by atoms with van der Waals surface area (Å²) >= 11 is 0. The fourth-order valence-corrected chi connectivity index (χ4v) is 5.33. The minimum absolute atomic E-state index is 0.107. The van der Waals surface area contributed by atoms with E-state index in [4.69, 9.17) is 23.7 Å². The molecule has 0 radical (unpaired) electrons. The summed E-state index contributed by atoms with van der Waals surface area (Å²) in [6, 6.07) is 0. The standard InChI is InChI=1S/C38H76O6/c1-3-5-7-9-11-13-15-16-17-18-20-22-24-26-31-44-38(39)28-27-30-41-33-35-43-37-36-42-34-32-40-29-25-23-21-19-14-12-10-8-6-4-2/h3-37H2,1-2H3. The van der Waals surface area contributed by atoms with E-state index in [1.165, 1.54) is 135 Å². The monoisotopic (exact) mass is 629 g/mol. The summed E-state index contributed by atoms with van der Waals surface area (Å²) < 4.78 is 27.7. The number of carbonyl (C=O) groups excluding carboxylic acids is 1. The molecule has 0 aliphatic rings. The van der Waals surface area contributed by atoms with Gasteiger partial charge in [0.2, 0.25) is 0 Å². The molecule has 0 aromatic rings. The maximum atomic E-state index is 11.9. The Morgan fingerprint density at radius 3 is 0.955 bits per heavy atom. The van der Waals surface area contributed by atoms with Gasteiger partial charge in [-0.15, -0.1) is 0 Å². The van der Waals surface area contributed by atoms with Gasteiger partial charge < -0.3 is 23.7 Å². The van der Waals surface area contributed by atoms with Crippen molar-refractivity contribution in [3.05, 3.63) is 0 Å². The van der Waals surface area contributed by atoms with E-state index in [2.05, 4.69) is 13.8 Å². The SMILES string of the molecule is CCCCCCCCCCCCCCCCOC(=O)CCCOCCOCCOCCOCCCCCCCCCCCC. The number of carbonyl (C=O) groups is 1. The van der Waals surface area contributed by atoms with Crippen molar-refractivity contribution < 1.29 is 28.5 Å². The van der Waals surface area contributed by atoms with Gasteiger partial charge in [-0.1, -0.05) is 155 Å². The molecule has 0 spiro atoms. The Kier molecular flexibility index (Phi) is 39.7. The van der Waals surface area contributed by atoms with E-state index in [-0.39, 0.29) is 5.97 Å². The maximum absolute atomic E-state index is 11.9. The van der Waals surface area contributed by atoms with E-state index in [9.17, 15) is 4.79 Å². The number of unbranched alkanes of at least 4 members (excludes halogenated alkanes) is 22. The Balaban J connectivity index is 3.13. The third-order valence-corrected chi connectivity index (χ3v) is 8.19.